The molecule has 1 fully saturated rings. The largest absolute Gasteiger partial charge is 0.458 e. The summed E-state index contributed by atoms with van der Waals surface area (Å²) in [6.45, 7) is 7.61. The SMILES string of the molecule is CC(C)(C)OC(=O)[C@H](CCN1CCC(O)CC1)NC(=O)[C@@H]1Cc2ccccc2CN1C(=O)CCC(=O)c1ccccc1. The maximum Gasteiger partial charge on any atom is 0.329 e. The fraction of sp³-hybridized carbons (Fsp3) is 0.515. The summed E-state index contributed by atoms with van der Waals surface area (Å²) in [5, 5.41) is 12.8. The molecular weight excluding hydrogens is 534 g/mol. The molecule has 2 N–H and O–H groups in total. The van der Waals surface area contributed by atoms with Crippen molar-refractivity contribution in [3.8, 4) is 0 Å². The number of rotatable bonds is 10. The predicted octanol–water partition coefficient (Wildman–Crippen LogP) is 3.28. The molecule has 0 bridgehead atoms. The number of ether oxygens (including phenoxy) is 1. The van der Waals surface area contributed by atoms with E-state index >= 15 is 0 Å². The van der Waals surface area contributed by atoms with Crippen LogP contribution in [0.2, 0.25) is 0 Å². The minimum atomic E-state index is -0.891. The zero-order valence-corrected chi connectivity index (χ0v) is 24.9. The summed E-state index contributed by atoms with van der Waals surface area (Å²) in [6.07, 6.45) is 1.73. The fourth-order valence-corrected chi connectivity index (χ4v) is 5.50. The molecule has 0 radical (unpaired) electrons. The van der Waals surface area contributed by atoms with Gasteiger partial charge in [-0.1, -0.05) is 54.6 Å². The first kappa shape index (κ1) is 31.4. The van der Waals surface area contributed by atoms with Crippen LogP contribution in [0.15, 0.2) is 54.6 Å². The number of fused-ring (bicyclic) bond motifs is 1. The molecule has 226 valence electrons. The van der Waals surface area contributed by atoms with Gasteiger partial charge in [0.15, 0.2) is 5.78 Å². The Bertz CT molecular complexity index is 1250. The van der Waals surface area contributed by atoms with Crippen LogP contribution in [0.4, 0.5) is 0 Å². The molecule has 2 aromatic carbocycles. The van der Waals surface area contributed by atoms with Gasteiger partial charge in [0.2, 0.25) is 11.8 Å². The lowest BCUT2D eigenvalue weighted by molar-refractivity contribution is -0.159. The fourth-order valence-electron chi connectivity index (χ4n) is 5.50. The second-order valence-corrected chi connectivity index (χ2v) is 12.3. The number of piperidine rings is 1. The number of hydrogen-bond acceptors (Lipinski definition) is 7. The highest BCUT2D eigenvalue weighted by atomic mass is 16.6. The van der Waals surface area contributed by atoms with Crippen LogP contribution in [0.5, 0.6) is 0 Å². The average molecular weight is 578 g/mol. The number of amides is 2. The summed E-state index contributed by atoms with van der Waals surface area (Å²) in [7, 11) is 0. The van der Waals surface area contributed by atoms with Gasteiger partial charge in [-0.05, 0) is 51.2 Å². The van der Waals surface area contributed by atoms with E-state index in [2.05, 4.69) is 10.2 Å². The highest BCUT2D eigenvalue weighted by molar-refractivity contribution is 5.98. The Morgan fingerprint density at radius 3 is 2.26 bits per heavy atom. The van der Waals surface area contributed by atoms with Crippen molar-refractivity contribution in [1.82, 2.24) is 15.1 Å². The second-order valence-electron chi connectivity index (χ2n) is 12.3. The van der Waals surface area contributed by atoms with Gasteiger partial charge in [0.25, 0.3) is 0 Å². The minimum Gasteiger partial charge on any atom is -0.458 e. The van der Waals surface area contributed by atoms with E-state index < -0.39 is 29.6 Å². The normalized spacial score (nSPS) is 18.6. The number of likely N-dealkylation sites (tertiary alicyclic amines) is 1. The van der Waals surface area contributed by atoms with Crippen LogP contribution >= 0.6 is 0 Å². The molecule has 0 spiro atoms. The Hall–Kier alpha value is -3.56. The number of nitrogens with zero attached hydrogens (tertiary/aromatic N) is 2. The van der Waals surface area contributed by atoms with Gasteiger partial charge < -0.3 is 25.0 Å². The maximum atomic E-state index is 13.8. The summed E-state index contributed by atoms with van der Waals surface area (Å²) < 4.78 is 5.65. The highest BCUT2D eigenvalue weighted by Gasteiger charge is 2.37. The van der Waals surface area contributed by atoms with E-state index in [0.29, 0.717) is 37.8 Å². The van der Waals surface area contributed by atoms with Crippen molar-refractivity contribution in [3.05, 3.63) is 71.3 Å². The van der Waals surface area contributed by atoms with Crippen LogP contribution in [0.25, 0.3) is 0 Å². The lowest BCUT2D eigenvalue weighted by Gasteiger charge is -2.37. The van der Waals surface area contributed by atoms with E-state index in [0.717, 1.165) is 24.2 Å². The van der Waals surface area contributed by atoms with Gasteiger partial charge in [0.05, 0.1) is 6.10 Å². The molecule has 4 rings (SSSR count). The Balaban J connectivity index is 1.48. The third-order valence-corrected chi connectivity index (χ3v) is 7.83. The van der Waals surface area contributed by atoms with E-state index in [1.54, 1.807) is 45.0 Å². The van der Waals surface area contributed by atoms with Gasteiger partial charge in [-0.25, -0.2) is 4.79 Å². The molecule has 1 saturated heterocycles. The third-order valence-electron chi connectivity index (χ3n) is 7.83. The first-order chi connectivity index (χ1) is 20.0. The molecular formula is C33H43N3O6. The van der Waals surface area contributed by atoms with Gasteiger partial charge >= 0.3 is 5.97 Å². The number of carbonyl (C=O) groups is 4. The molecule has 2 aliphatic heterocycles. The third kappa shape index (κ3) is 8.72. The average Bonchev–Trinajstić information content (AvgIpc) is 2.97. The zero-order valence-electron chi connectivity index (χ0n) is 24.9. The van der Waals surface area contributed by atoms with E-state index in [1.165, 1.54) is 4.90 Å². The van der Waals surface area contributed by atoms with Crippen molar-refractivity contribution < 1.29 is 29.0 Å². The summed E-state index contributed by atoms with van der Waals surface area (Å²) >= 11 is 0. The number of aliphatic hydroxyl groups excluding tert-OH is 1. The molecule has 2 heterocycles. The number of hydrogen-bond donors (Lipinski definition) is 2. The number of carbonyl (C=O) groups excluding carboxylic acids is 4. The van der Waals surface area contributed by atoms with E-state index in [4.69, 9.17) is 4.74 Å². The molecule has 0 unspecified atom stereocenters. The molecule has 2 atom stereocenters. The summed E-state index contributed by atoms with van der Waals surface area (Å²) in [4.78, 5) is 56.9. The Morgan fingerprint density at radius 1 is 0.952 bits per heavy atom. The zero-order chi connectivity index (χ0) is 30.3. The van der Waals surface area contributed by atoms with Crippen LogP contribution in [0.3, 0.4) is 0 Å². The standard InChI is InChI=1S/C33H43N3O6/c1-33(2,3)42-32(41)27(17-20-35-18-15-26(37)16-19-35)34-31(40)28-21-24-11-7-8-12-25(24)22-36(28)30(39)14-13-29(38)23-9-5-4-6-10-23/h4-12,26-28,37H,13-22H2,1-3H3,(H,34,40)/t27-,28-/m0/s1. The summed E-state index contributed by atoms with van der Waals surface area (Å²) in [6, 6.07) is 14.8. The Kier molecular flexibility index (Phi) is 10.5. The number of Topliss-reactive ketones (excluding diaryl/α,β-unsaturated/α-hetero) is 1. The van der Waals surface area contributed by atoms with Crippen LogP contribution < -0.4 is 5.32 Å². The van der Waals surface area contributed by atoms with Crippen molar-refractivity contribution in [3.63, 3.8) is 0 Å². The van der Waals surface area contributed by atoms with E-state index in [-0.39, 0.29) is 37.2 Å². The highest BCUT2D eigenvalue weighted by Crippen LogP contribution is 2.25. The summed E-state index contributed by atoms with van der Waals surface area (Å²) in [5.74, 6) is -1.35. The number of ketones is 1. The Morgan fingerprint density at radius 2 is 1.60 bits per heavy atom. The van der Waals surface area contributed by atoms with Gasteiger partial charge in [-0.3, -0.25) is 14.4 Å². The molecule has 2 aromatic rings. The number of benzene rings is 2. The van der Waals surface area contributed by atoms with Gasteiger partial charge in [-0.15, -0.1) is 0 Å². The molecule has 0 aliphatic carbocycles. The molecule has 9 heteroatoms. The molecule has 0 aromatic heterocycles. The predicted molar refractivity (Wildman–Crippen MR) is 159 cm³/mol. The second kappa shape index (κ2) is 14.1. The first-order valence-electron chi connectivity index (χ1n) is 14.9. The lowest BCUT2D eigenvalue weighted by Crippen LogP contribution is -2.56. The smallest absolute Gasteiger partial charge is 0.329 e. The van der Waals surface area contributed by atoms with Crippen LogP contribution in [0.1, 0.15) is 74.4 Å². The van der Waals surface area contributed by atoms with Crippen molar-refractivity contribution in [2.45, 2.75) is 89.6 Å². The van der Waals surface area contributed by atoms with Crippen molar-refractivity contribution in [2.75, 3.05) is 19.6 Å². The molecule has 0 saturated carbocycles. The van der Waals surface area contributed by atoms with E-state index in [1.807, 2.05) is 30.3 Å². The molecule has 2 aliphatic rings. The Labute approximate surface area is 248 Å². The minimum absolute atomic E-state index is 0.0179. The number of esters is 1. The topological polar surface area (TPSA) is 116 Å². The van der Waals surface area contributed by atoms with Crippen LogP contribution in [-0.2, 0) is 32.1 Å². The van der Waals surface area contributed by atoms with Gasteiger partial charge in [-0.2, -0.15) is 0 Å². The lowest BCUT2D eigenvalue weighted by atomic mass is 9.92. The van der Waals surface area contributed by atoms with Crippen LogP contribution in [-0.4, -0.2) is 81.9 Å². The van der Waals surface area contributed by atoms with Crippen molar-refractivity contribution >= 4 is 23.6 Å². The molecule has 2 amide bonds. The first-order valence-corrected chi connectivity index (χ1v) is 14.9. The number of aliphatic hydroxyl groups is 1. The van der Waals surface area contributed by atoms with Crippen molar-refractivity contribution in [1.29, 1.82) is 0 Å². The maximum absolute atomic E-state index is 13.8. The van der Waals surface area contributed by atoms with Gasteiger partial charge in [0, 0.05) is 51.0 Å². The van der Waals surface area contributed by atoms with Crippen LogP contribution in [0, 0.1) is 0 Å². The molecule has 9 nitrogen and oxygen atoms in total. The molecule has 42 heavy (non-hydrogen) atoms. The summed E-state index contributed by atoms with van der Waals surface area (Å²) in [5.41, 5.74) is 1.75. The quantitative estimate of drug-likeness (QED) is 0.329. The van der Waals surface area contributed by atoms with Gasteiger partial charge in [0.1, 0.15) is 17.7 Å². The van der Waals surface area contributed by atoms with E-state index in [9.17, 15) is 24.3 Å². The van der Waals surface area contributed by atoms with Crippen molar-refractivity contribution in [2.24, 2.45) is 0 Å². The monoisotopic (exact) mass is 577 g/mol. The number of nitrogens with one attached hydrogen (secondary N) is 1.